The van der Waals surface area contributed by atoms with Crippen LogP contribution in [0.15, 0.2) is 30.5 Å². The molecule has 0 spiro atoms. The van der Waals surface area contributed by atoms with Crippen LogP contribution in [0.5, 0.6) is 5.75 Å². The summed E-state index contributed by atoms with van der Waals surface area (Å²) in [6, 6.07) is 7.88. The summed E-state index contributed by atoms with van der Waals surface area (Å²) in [5.41, 5.74) is 2.02. The number of aliphatic hydroxyl groups excluding tert-OH is 1. The van der Waals surface area contributed by atoms with E-state index in [1.165, 1.54) is 5.56 Å². The third-order valence-electron chi connectivity index (χ3n) is 3.96. The fraction of sp³-hybridized carbons (Fsp3) is 0.471. The van der Waals surface area contributed by atoms with Crippen molar-refractivity contribution >= 4 is 10.9 Å². The zero-order chi connectivity index (χ0) is 15.4. The molecule has 5 heteroatoms. The normalized spacial score (nSPS) is 17.5. The number of aliphatic hydroxyl groups is 1. The van der Waals surface area contributed by atoms with E-state index in [0.29, 0.717) is 6.54 Å². The molecule has 0 radical (unpaired) electrons. The van der Waals surface area contributed by atoms with Crippen molar-refractivity contribution in [3.63, 3.8) is 0 Å². The minimum atomic E-state index is -0.516. The third-order valence-corrected chi connectivity index (χ3v) is 3.96. The first-order chi connectivity index (χ1) is 10.7. The van der Waals surface area contributed by atoms with Crippen molar-refractivity contribution in [2.24, 2.45) is 0 Å². The summed E-state index contributed by atoms with van der Waals surface area (Å²) in [6.07, 6.45) is 1.27. The highest BCUT2D eigenvalue weighted by Gasteiger charge is 2.16. The van der Waals surface area contributed by atoms with Crippen LogP contribution in [0.2, 0.25) is 0 Å². The number of benzene rings is 1. The standard InChI is InChI=1S/C17H22N2O3/c1-13-5-6-18-17-15(13)3-2-4-16(17)22-12-14(20)11-19-7-9-21-10-8-19/h2-6,14,20H,7-12H2,1H3/t14-/m0/s1. The van der Waals surface area contributed by atoms with Crippen LogP contribution in [0.3, 0.4) is 0 Å². The molecule has 3 rings (SSSR count). The minimum Gasteiger partial charge on any atom is -0.489 e. The lowest BCUT2D eigenvalue weighted by atomic mass is 10.1. The monoisotopic (exact) mass is 302 g/mol. The average molecular weight is 302 g/mol. The van der Waals surface area contributed by atoms with Crippen LogP contribution < -0.4 is 4.74 Å². The number of rotatable bonds is 5. The van der Waals surface area contributed by atoms with Crippen molar-refractivity contribution in [2.45, 2.75) is 13.0 Å². The molecule has 5 nitrogen and oxygen atoms in total. The number of hydrogen-bond donors (Lipinski definition) is 1. The molecule has 1 aromatic heterocycles. The molecule has 1 N–H and O–H groups in total. The van der Waals surface area contributed by atoms with Crippen molar-refractivity contribution in [1.29, 1.82) is 0 Å². The SMILES string of the molecule is Cc1ccnc2c(OC[C@@H](O)CN3CCOCC3)cccc12. The Hall–Kier alpha value is -1.69. The van der Waals surface area contributed by atoms with Crippen molar-refractivity contribution in [3.8, 4) is 5.75 Å². The van der Waals surface area contributed by atoms with E-state index in [1.807, 2.05) is 24.3 Å². The number of ether oxygens (including phenoxy) is 2. The highest BCUT2D eigenvalue weighted by molar-refractivity contribution is 5.86. The van der Waals surface area contributed by atoms with Crippen LogP contribution in [-0.4, -0.2) is 60.5 Å². The maximum absolute atomic E-state index is 10.2. The van der Waals surface area contributed by atoms with Gasteiger partial charge in [0, 0.05) is 31.2 Å². The number of morpholine rings is 1. The smallest absolute Gasteiger partial charge is 0.145 e. The van der Waals surface area contributed by atoms with Gasteiger partial charge in [-0.05, 0) is 24.6 Å². The van der Waals surface area contributed by atoms with E-state index >= 15 is 0 Å². The van der Waals surface area contributed by atoms with Crippen molar-refractivity contribution in [3.05, 3.63) is 36.0 Å². The minimum absolute atomic E-state index is 0.270. The number of aryl methyl sites for hydroxylation is 1. The second-order valence-corrected chi connectivity index (χ2v) is 5.66. The summed E-state index contributed by atoms with van der Waals surface area (Å²) in [4.78, 5) is 6.60. The van der Waals surface area contributed by atoms with Gasteiger partial charge in [-0.2, -0.15) is 0 Å². The average Bonchev–Trinajstić information content (AvgIpc) is 2.54. The van der Waals surface area contributed by atoms with Gasteiger partial charge < -0.3 is 14.6 Å². The highest BCUT2D eigenvalue weighted by atomic mass is 16.5. The molecule has 1 fully saturated rings. The van der Waals surface area contributed by atoms with Gasteiger partial charge in [-0.15, -0.1) is 0 Å². The Morgan fingerprint density at radius 2 is 2.14 bits per heavy atom. The number of β-amino-alcohol motifs (C(OH)–C–C–N with tert-alkyl or cyclic N) is 1. The van der Waals surface area contributed by atoms with Crippen molar-refractivity contribution < 1.29 is 14.6 Å². The van der Waals surface area contributed by atoms with E-state index in [1.54, 1.807) is 6.20 Å². The molecule has 22 heavy (non-hydrogen) atoms. The highest BCUT2D eigenvalue weighted by Crippen LogP contribution is 2.25. The molecular formula is C17H22N2O3. The summed E-state index contributed by atoms with van der Waals surface area (Å²) in [6.45, 7) is 6.14. The molecule has 118 valence electrons. The Morgan fingerprint density at radius 1 is 1.32 bits per heavy atom. The van der Waals surface area contributed by atoms with E-state index in [2.05, 4.69) is 16.8 Å². The maximum Gasteiger partial charge on any atom is 0.145 e. The maximum atomic E-state index is 10.2. The van der Waals surface area contributed by atoms with E-state index in [0.717, 1.165) is 43.0 Å². The number of pyridine rings is 1. The Balaban J connectivity index is 1.62. The molecule has 1 aromatic carbocycles. The number of para-hydroxylation sites is 1. The van der Waals surface area contributed by atoms with Gasteiger partial charge in [0.05, 0.1) is 13.2 Å². The van der Waals surface area contributed by atoms with Crippen molar-refractivity contribution in [2.75, 3.05) is 39.5 Å². The van der Waals surface area contributed by atoms with Crippen molar-refractivity contribution in [1.82, 2.24) is 9.88 Å². The Kier molecular flexibility index (Phi) is 4.87. The fourth-order valence-electron chi connectivity index (χ4n) is 2.72. The lowest BCUT2D eigenvalue weighted by Gasteiger charge is -2.28. The lowest BCUT2D eigenvalue weighted by molar-refractivity contribution is 0.00478. The summed E-state index contributed by atoms with van der Waals surface area (Å²) < 4.78 is 11.1. The zero-order valence-corrected chi connectivity index (χ0v) is 12.9. The summed E-state index contributed by atoms with van der Waals surface area (Å²) in [7, 11) is 0. The second-order valence-electron chi connectivity index (χ2n) is 5.66. The molecule has 1 aliphatic rings. The number of aromatic nitrogens is 1. The Bertz CT molecular complexity index is 626. The van der Waals surface area contributed by atoms with Gasteiger partial charge >= 0.3 is 0 Å². The molecule has 2 aromatic rings. The van der Waals surface area contributed by atoms with Gasteiger partial charge in [-0.25, -0.2) is 0 Å². The third kappa shape index (κ3) is 3.55. The van der Waals surface area contributed by atoms with Crippen LogP contribution in [-0.2, 0) is 4.74 Å². The lowest BCUT2D eigenvalue weighted by Crippen LogP contribution is -2.42. The van der Waals surface area contributed by atoms with Crippen LogP contribution in [0, 0.1) is 6.92 Å². The van der Waals surface area contributed by atoms with Gasteiger partial charge in [-0.1, -0.05) is 12.1 Å². The van der Waals surface area contributed by atoms with Gasteiger partial charge in [0.15, 0.2) is 0 Å². The Labute approximate surface area is 130 Å². The molecule has 0 bridgehead atoms. The van der Waals surface area contributed by atoms with E-state index in [9.17, 15) is 5.11 Å². The van der Waals surface area contributed by atoms with Gasteiger partial charge in [0.2, 0.25) is 0 Å². The number of hydrogen-bond acceptors (Lipinski definition) is 5. The van der Waals surface area contributed by atoms with Gasteiger partial charge in [-0.3, -0.25) is 9.88 Å². The molecule has 1 aliphatic heterocycles. The number of nitrogens with zero attached hydrogens (tertiary/aromatic N) is 2. The fourth-order valence-corrected chi connectivity index (χ4v) is 2.72. The molecule has 0 saturated carbocycles. The van der Waals surface area contributed by atoms with Crippen LogP contribution in [0.4, 0.5) is 0 Å². The zero-order valence-electron chi connectivity index (χ0n) is 12.9. The second kappa shape index (κ2) is 7.05. The first-order valence-corrected chi connectivity index (χ1v) is 7.69. The summed E-state index contributed by atoms with van der Waals surface area (Å²) >= 11 is 0. The van der Waals surface area contributed by atoms with Crippen LogP contribution in [0.25, 0.3) is 10.9 Å². The predicted molar refractivity (Wildman–Crippen MR) is 85.2 cm³/mol. The van der Waals surface area contributed by atoms with Crippen LogP contribution >= 0.6 is 0 Å². The van der Waals surface area contributed by atoms with E-state index < -0.39 is 6.10 Å². The quantitative estimate of drug-likeness (QED) is 0.909. The topological polar surface area (TPSA) is 54.8 Å². The van der Waals surface area contributed by atoms with Gasteiger partial charge in [0.1, 0.15) is 24.0 Å². The molecular weight excluding hydrogens is 280 g/mol. The molecule has 1 atom stereocenters. The van der Waals surface area contributed by atoms with E-state index in [4.69, 9.17) is 9.47 Å². The number of fused-ring (bicyclic) bond motifs is 1. The first kappa shape index (κ1) is 15.2. The largest absolute Gasteiger partial charge is 0.489 e. The Morgan fingerprint density at radius 3 is 2.95 bits per heavy atom. The molecule has 0 amide bonds. The molecule has 0 unspecified atom stereocenters. The molecule has 0 aliphatic carbocycles. The summed E-state index contributed by atoms with van der Waals surface area (Å²) in [5.74, 6) is 0.724. The molecule has 1 saturated heterocycles. The predicted octanol–water partition coefficient (Wildman–Crippen LogP) is 1.62. The summed E-state index contributed by atoms with van der Waals surface area (Å²) in [5, 5.41) is 11.2. The molecule has 2 heterocycles. The van der Waals surface area contributed by atoms with Gasteiger partial charge in [0.25, 0.3) is 0 Å². The van der Waals surface area contributed by atoms with E-state index in [-0.39, 0.29) is 6.61 Å². The first-order valence-electron chi connectivity index (χ1n) is 7.69. The van der Waals surface area contributed by atoms with Crippen LogP contribution in [0.1, 0.15) is 5.56 Å².